The summed E-state index contributed by atoms with van der Waals surface area (Å²) in [7, 11) is 1.79. The number of aromatic nitrogens is 4. The third-order valence-corrected chi connectivity index (χ3v) is 3.36. The maximum absolute atomic E-state index is 12.6. The van der Waals surface area contributed by atoms with Crippen LogP contribution in [0.3, 0.4) is 0 Å². The molecule has 0 saturated carbocycles. The van der Waals surface area contributed by atoms with Crippen molar-refractivity contribution in [3.05, 3.63) is 59.8 Å². The van der Waals surface area contributed by atoms with Crippen molar-refractivity contribution in [2.75, 3.05) is 10.6 Å². The summed E-state index contributed by atoms with van der Waals surface area (Å²) in [6, 6.07) is 7.36. The Morgan fingerprint density at radius 1 is 1.17 bits per heavy atom. The maximum atomic E-state index is 12.6. The zero-order chi connectivity index (χ0) is 17.1. The van der Waals surface area contributed by atoms with Gasteiger partial charge in [-0.15, -0.1) is 0 Å². The quantitative estimate of drug-likeness (QED) is 0.771. The first-order chi connectivity index (χ1) is 11.5. The molecule has 3 rings (SSSR count). The largest absolute Gasteiger partial charge is 0.352 e. The Balaban J connectivity index is 1.88. The van der Waals surface area contributed by atoms with Crippen LogP contribution in [0.25, 0.3) is 0 Å². The van der Waals surface area contributed by atoms with Gasteiger partial charge in [-0.05, 0) is 37.6 Å². The summed E-state index contributed by atoms with van der Waals surface area (Å²) in [5.74, 6) is 0.162. The maximum Gasteiger partial charge on any atom is 0.277 e. The van der Waals surface area contributed by atoms with Gasteiger partial charge >= 0.3 is 0 Å². The molecule has 122 valence electrons. The molecule has 7 heteroatoms. The van der Waals surface area contributed by atoms with Crippen molar-refractivity contribution >= 4 is 23.1 Å². The number of aryl methyl sites for hydroxylation is 3. The molecule has 0 fully saturated rings. The highest BCUT2D eigenvalue weighted by Crippen LogP contribution is 2.21. The Morgan fingerprint density at radius 2 is 2.00 bits per heavy atom. The van der Waals surface area contributed by atoms with E-state index >= 15 is 0 Å². The number of pyridine rings is 2. The van der Waals surface area contributed by atoms with E-state index in [1.165, 1.54) is 0 Å². The van der Waals surface area contributed by atoms with Gasteiger partial charge in [0, 0.05) is 31.2 Å². The van der Waals surface area contributed by atoms with Crippen molar-refractivity contribution in [3.8, 4) is 0 Å². The van der Waals surface area contributed by atoms with Gasteiger partial charge in [-0.1, -0.05) is 0 Å². The van der Waals surface area contributed by atoms with Gasteiger partial charge in [-0.25, -0.2) is 4.98 Å². The zero-order valence-electron chi connectivity index (χ0n) is 13.7. The smallest absolute Gasteiger partial charge is 0.277 e. The van der Waals surface area contributed by atoms with Gasteiger partial charge in [-0.3, -0.25) is 14.5 Å². The Labute approximate surface area is 139 Å². The predicted molar refractivity (Wildman–Crippen MR) is 92.4 cm³/mol. The number of amides is 1. The number of hydrogen-bond acceptors (Lipinski definition) is 5. The molecule has 24 heavy (non-hydrogen) atoms. The summed E-state index contributed by atoms with van der Waals surface area (Å²) in [4.78, 5) is 21.1. The molecule has 0 aromatic carbocycles. The van der Waals surface area contributed by atoms with E-state index < -0.39 is 0 Å². The Kier molecular flexibility index (Phi) is 4.24. The van der Waals surface area contributed by atoms with Gasteiger partial charge in [0.2, 0.25) is 0 Å². The summed E-state index contributed by atoms with van der Waals surface area (Å²) in [6.45, 7) is 3.80. The lowest BCUT2D eigenvalue weighted by molar-refractivity contribution is 0.102. The van der Waals surface area contributed by atoms with Crippen molar-refractivity contribution in [1.29, 1.82) is 0 Å². The molecule has 3 aromatic rings. The molecule has 3 heterocycles. The number of carbonyl (C=O) groups is 1. The summed E-state index contributed by atoms with van der Waals surface area (Å²) in [6.07, 6.45) is 5.23. The number of nitrogens with zero attached hydrogens (tertiary/aromatic N) is 4. The molecular weight excluding hydrogens is 304 g/mol. The fourth-order valence-corrected chi connectivity index (χ4v) is 2.27. The molecule has 0 aliphatic heterocycles. The van der Waals surface area contributed by atoms with E-state index in [0.29, 0.717) is 17.2 Å². The summed E-state index contributed by atoms with van der Waals surface area (Å²) in [5.41, 5.74) is 3.50. The number of hydrogen-bond donors (Lipinski definition) is 2. The molecule has 7 nitrogen and oxygen atoms in total. The molecule has 1 amide bonds. The highest BCUT2D eigenvalue weighted by Gasteiger charge is 2.15. The standard InChI is InChI=1S/C17H18N6O/c1-11-8-13(10-18-9-11)20-14-5-4-12(2)19-16(14)17(24)21-15-6-7-23(3)22-15/h4-10,20H,1-3H3,(H,21,22,24). The zero-order valence-corrected chi connectivity index (χ0v) is 13.7. The molecule has 0 aliphatic carbocycles. The van der Waals surface area contributed by atoms with Crippen LogP contribution in [0, 0.1) is 13.8 Å². The van der Waals surface area contributed by atoms with Crippen molar-refractivity contribution in [2.24, 2.45) is 7.05 Å². The van der Waals surface area contributed by atoms with E-state index in [4.69, 9.17) is 0 Å². The second-order valence-corrected chi connectivity index (χ2v) is 5.55. The van der Waals surface area contributed by atoms with Crippen LogP contribution >= 0.6 is 0 Å². The van der Waals surface area contributed by atoms with E-state index in [2.05, 4.69) is 25.7 Å². The molecule has 0 unspecified atom stereocenters. The first kappa shape index (κ1) is 15.7. The Bertz CT molecular complexity index is 886. The monoisotopic (exact) mass is 322 g/mol. The van der Waals surface area contributed by atoms with E-state index in [9.17, 15) is 4.79 Å². The van der Waals surface area contributed by atoms with E-state index in [0.717, 1.165) is 16.9 Å². The van der Waals surface area contributed by atoms with Crippen LogP contribution in [0.2, 0.25) is 0 Å². The number of nitrogens with one attached hydrogen (secondary N) is 2. The molecule has 0 atom stereocenters. The fourth-order valence-electron chi connectivity index (χ4n) is 2.27. The van der Waals surface area contributed by atoms with Crippen molar-refractivity contribution in [2.45, 2.75) is 13.8 Å². The molecule has 0 bridgehead atoms. The van der Waals surface area contributed by atoms with Crippen molar-refractivity contribution in [1.82, 2.24) is 19.7 Å². The number of rotatable bonds is 4. The van der Waals surface area contributed by atoms with E-state index in [1.807, 2.05) is 32.0 Å². The lowest BCUT2D eigenvalue weighted by atomic mass is 10.2. The fraction of sp³-hybridized carbons (Fsp3) is 0.176. The van der Waals surface area contributed by atoms with Crippen LogP contribution < -0.4 is 10.6 Å². The molecule has 2 N–H and O–H groups in total. The minimum absolute atomic E-state index is 0.308. The van der Waals surface area contributed by atoms with Gasteiger partial charge in [0.05, 0.1) is 17.6 Å². The number of anilines is 3. The van der Waals surface area contributed by atoms with E-state index in [1.54, 1.807) is 36.4 Å². The molecule has 0 saturated heterocycles. The topological polar surface area (TPSA) is 84.7 Å². The molecule has 0 aliphatic rings. The van der Waals surface area contributed by atoms with Crippen LogP contribution in [0.15, 0.2) is 42.9 Å². The van der Waals surface area contributed by atoms with Crippen molar-refractivity contribution in [3.63, 3.8) is 0 Å². The summed E-state index contributed by atoms with van der Waals surface area (Å²) < 4.78 is 1.62. The minimum Gasteiger partial charge on any atom is -0.352 e. The molecule has 3 aromatic heterocycles. The van der Waals surface area contributed by atoms with Crippen LogP contribution in [0.4, 0.5) is 17.2 Å². The highest BCUT2D eigenvalue weighted by atomic mass is 16.2. The second kappa shape index (κ2) is 6.49. The third kappa shape index (κ3) is 3.57. The summed E-state index contributed by atoms with van der Waals surface area (Å²) in [5, 5.41) is 10.1. The lowest BCUT2D eigenvalue weighted by Crippen LogP contribution is -2.17. The number of carbonyl (C=O) groups excluding carboxylic acids is 1. The molecule has 0 spiro atoms. The second-order valence-electron chi connectivity index (χ2n) is 5.55. The highest BCUT2D eigenvalue weighted by molar-refractivity contribution is 6.06. The van der Waals surface area contributed by atoms with Gasteiger partial charge in [0.15, 0.2) is 11.5 Å². The van der Waals surface area contributed by atoms with Crippen LogP contribution in [0.5, 0.6) is 0 Å². The van der Waals surface area contributed by atoms with Crippen molar-refractivity contribution < 1.29 is 4.79 Å². The summed E-state index contributed by atoms with van der Waals surface area (Å²) >= 11 is 0. The van der Waals surface area contributed by atoms with Crippen LogP contribution in [-0.2, 0) is 7.05 Å². The van der Waals surface area contributed by atoms with Crippen LogP contribution in [0.1, 0.15) is 21.7 Å². The lowest BCUT2D eigenvalue weighted by Gasteiger charge is -2.12. The molecular formula is C17H18N6O. The predicted octanol–water partition coefficient (Wildman–Crippen LogP) is 2.82. The van der Waals surface area contributed by atoms with Crippen LogP contribution in [-0.4, -0.2) is 25.7 Å². The van der Waals surface area contributed by atoms with Gasteiger partial charge in [0.25, 0.3) is 5.91 Å². The Morgan fingerprint density at radius 3 is 2.71 bits per heavy atom. The normalized spacial score (nSPS) is 10.5. The molecule has 0 radical (unpaired) electrons. The third-order valence-electron chi connectivity index (χ3n) is 3.36. The Hall–Kier alpha value is -3.22. The average molecular weight is 322 g/mol. The first-order valence-corrected chi connectivity index (χ1v) is 7.48. The van der Waals surface area contributed by atoms with Gasteiger partial charge in [-0.2, -0.15) is 5.10 Å². The minimum atomic E-state index is -0.319. The van der Waals surface area contributed by atoms with E-state index in [-0.39, 0.29) is 5.91 Å². The van der Waals surface area contributed by atoms with Gasteiger partial charge < -0.3 is 10.6 Å². The average Bonchev–Trinajstić information content (AvgIpc) is 2.94. The first-order valence-electron chi connectivity index (χ1n) is 7.48. The van der Waals surface area contributed by atoms with Gasteiger partial charge in [0.1, 0.15) is 0 Å². The SMILES string of the molecule is Cc1cncc(Nc2ccc(C)nc2C(=O)Nc2ccn(C)n2)c1.